The normalized spacial score (nSPS) is 9.62. The summed E-state index contributed by atoms with van der Waals surface area (Å²) in [6, 6.07) is 6.72. The average molecular weight is 182 g/mol. The van der Waals surface area contributed by atoms with Gasteiger partial charge in [-0.05, 0) is 24.3 Å². The Kier molecular flexibility index (Phi) is 3.96. The minimum atomic E-state index is -0.369. The van der Waals surface area contributed by atoms with Crippen LogP contribution >= 0.6 is 0 Å². The fraction of sp³-hybridized carbons (Fsp3) is 0.300. The predicted octanol–water partition coefficient (Wildman–Crippen LogP) is 2.24. The molecule has 0 fully saturated rings. The lowest BCUT2D eigenvalue weighted by Crippen LogP contribution is -1.97. The summed E-state index contributed by atoms with van der Waals surface area (Å²) < 4.78 is 16.9. The van der Waals surface area contributed by atoms with Crippen molar-refractivity contribution in [2.24, 2.45) is 0 Å². The Morgan fingerprint density at radius 3 is 2.54 bits per heavy atom. The van der Waals surface area contributed by atoms with Crippen molar-refractivity contribution in [3.8, 4) is 5.75 Å². The predicted molar refractivity (Wildman–Crippen MR) is 47.9 cm³/mol. The standard InChI is InChI=1S/C10H11FO2/c11-6-1-7-13-10-4-2-9(8-12)3-5-10/h2-5,8H,1,6-7H2. The molecule has 1 aromatic carbocycles. The van der Waals surface area contributed by atoms with Gasteiger partial charge >= 0.3 is 0 Å². The summed E-state index contributed by atoms with van der Waals surface area (Å²) in [4.78, 5) is 10.3. The van der Waals surface area contributed by atoms with Crippen LogP contribution in [0.3, 0.4) is 0 Å². The lowest BCUT2D eigenvalue weighted by atomic mass is 10.2. The van der Waals surface area contributed by atoms with Crippen LogP contribution < -0.4 is 4.74 Å². The molecule has 0 saturated carbocycles. The van der Waals surface area contributed by atoms with Crippen molar-refractivity contribution in [2.45, 2.75) is 6.42 Å². The molecular formula is C10H11FO2. The number of hydrogen-bond donors (Lipinski definition) is 0. The van der Waals surface area contributed by atoms with Crippen molar-refractivity contribution >= 4 is 6.29 Å². The summed E-state index contributed by atoms with van der Waals surface area (Å²) in [7, 11) is 0. The number of carbonyl (C=O) groups is 1. The average Bonchev–Trinajstić information content (AvgIpc) is 2.19. The summed E-state index contributed by atoms with van der Waals surface area (Å²) >= 11 is 0. The Labute approximate surface area is 76.3 Å². The first-order valence-electron chi connectivity index (χ1n) is 4.11. The van der Waals surface area contributed by atoms with Gasteiger partial charge in [-0.25, -0.2) is 0 Å². The molecule has 70 valence electrons. The molecule has 0 heterocycles. The van der Waals surface area contributed by atoms with Gasteiger partial charge < -0.3 is 4.74 Å². The van der Waals surface area contributed by atoms with Crippen molar-refractivity contribution in [1.82, 2.24) is 0 Å². The van der Waals surface area contributed by atoms with E-state index >= 15 is 0 Å². The molecule has 2 nitrogen and oxygen atoms in total. The number of halogens is 1. The molecule has 3 heteroatoms. The molecular weight excluding hydrogens is 171 g/mol. The fourth-order valence-electron chi connectivity index (χ4n) is 0.887. The monoisotopic (exact) mass is 182 g/mol. The first kappa shape index (κ1) is 9.71. The van der Waals surface area contributed by atoms with E-state index in [9.17, 15) is 9.18 Å². The van der Waals surface area contributed by atoms with E-state index in [1.807, 2.05) is 0 Å². The van der Waals surface area contributed by atoms with Crippen LogP contribution in [0, 0.1) is 0 Å². The molecule has 0 N–H and O–H groups in total. The first-order valence-corrected chi connectivity index (χ1v) is 4.11. The highest BCUT2D eigenvalue weighted by molar-refractivity contribution is 5.74. The zero-order valence-electron chi connectivity index (χ0n) is 7.20. The van der Waals surface area contributed by atoms with Gasteiger partial charge in [-0.3, -0.25) is 9.18 Å². The smallest absolute Gasteiger partial charge is 0.150 e. The van der Waals surface area contributed by atoms with E-state index < -0.39 is 0 Å². The Balaban J connectivity index is 2.44. The highest BCUT2D eigenvalue weighted by Crippen LogP contribution is 2.10. The second-order valence-corrected chi connectivity index (χ2v) is 2.58. The molecule has 1 rings (SSSR count). The van der Waals surface area contributed by atoms with Crippen molar-refractivity contribution in [3.05, 3.63) is 29.8 Å². The molecule has 0 aliphatic carbocycles. The van der Waals surface area contributed by atoms with Crippen LogP contribution in [0.15, 0.2) is 24.3 Å². The summed E-state index contributed by atoms with van der Waals surface area (Å²) in [5.74, 6) is 0.666. The van der Waals surface area contributed by atoms with Gasteiger partial charge in [0.25, 0.3) is 0 Å². The molecule has 0 aromatic heterocycles. The summed E-state index contributed by atoms with van der Waals surface area (Å²) in [5, 5.41) is 0. The second kappa shape index (κ2) is 5.30. The molecule has 0 saturated heterocycles. The summed E-state index contributed by atoms with van der Waals surface area (Å²) in [6.07, 6.45) is 1.17. The largest absolute Gasteiger partial charge is 0.493 e. The SMILES string of the molecule is O=Cc1ccc(OCCCF)cc1. The van der Waals surface area contributed by atoms with E-state index in [0.29, 0.717) is 24.3 Å². The van der Waals surface area contributed by atoms with Crippen LogP contribution in [-0.2, 0) is 0 Å². The van der Waals surface area contributed by atoms with Crippen molar-refractivity contribution in [1.29, 1.82) is 0 Å². The third-order valence-electron chi connectivity index (χ3n) is 1.56. The molecule has 0 amide bonds. The van der Waals surface area contributed by atoms with Gasteiger partial charge in [0, 0.05) is 12.0 Å². The maximum atomic E-state index is 11.7. The zero-order valence-corrected chi connectivity index (χ0v) is 7.20. The van der Waals surface area contributed by atoms with E-state index in [1.54, 1.807) is 24.3 Å². The highest BCUT2D eigenvalue weighted by Gasteiger charge is 1.93. The number of rotatable bonds is 5. The number of benzene rings is 1. The van der Waals surface area contributed by atoms with Gasteiger partial charge in [0.05, 0.1) is 13.3 Å². The van der Waals surface area contributed by atoms with Crippen LogP contribution in [0.2, 0.25) is 0 Å². The van der Waals surface area contributed by atoms with Gasteiger partial charge in [-0.2, -0.15) is 0 Å². The van der Waals surface area contributed by atoms with Crippen molar-refractivity contribution in [2.75, 3.05) is 13.3 Å². The number of carbonyl (C=O) groups excluding carboxylic acids is 1. The molecule has 0 radical (unpaired) electrons. The minimum Gasteiger partial charge on any atom is -0.493 e. The lowest BCUT2D eigenvalue weighted by molar-refractivity contribution is 0.112. The quantitative estimate of drug-likeness (QED) is 0.515. The maximum Gasteiger partial charge on any atom is 0.150 e. The van der Waals surface area contributed by atoms with E-state index in [0.717, 1.165) is 6.29 Å². The van der Waals surface area contributed by atoms with Crippen LogP contribution in [-0.4, -0.2) is 19.6 Å². The Bertz CT molecular complexity index is 256. The fourth-order valence-corrected chi connectivity index (χ4v) is 0.887. The Morgan fingerprint density at radius 1 is 1.31 bits per heavy atom. The van der Waals surface area contributed by atoms with Gasteiger partial charge in [-0.15, -0.1) is 0 Å². The molecule has 1 aromatic rings. The third kappa shape index (κ3) is 3.23. The molecule has 0 aliphatic heterocycles. The van der Waals surface area contributed by atoms with Gasteiger partial charge in [0.15, 0.2) is 0 Å². The lowest BCUT2D eigenvalue weighted by Gasteiger charge is -2.03. The number of ether oxygens (including phenoxy) is 1. The van der Waals surface area contributed by atoms with E-state index in [4.69, 9.17) is 4.74 Å². The summed E-state index contributed by atoms with van der Waals surface area (Å²) in [5.41, 5.74) is 0.609. The number of hydrogen-bond acceptors (Lipinski definition) is 2. The Hall–Kier alpha value is -1.38. The van der Waals surface area contributed by atoms with Gasteiger partial charge in [0.1, 0.15) is 12.0 Å². The highest BCUT2D eigenvalue weighted by atomic mass is 19.1. The third-order valence-corrected chi connectivity index (χ3v) is 1.56. The number of aldehydes is 1. The summed E-state index contributed by atoms with van der Waals surface area (Å²) in [6.45, 7) is 0.00333. The zero-order chi connectivity index (χ0) is 9.52. The van der Waals surface area contributed by atoms with E-state index in [-0.39, 0.29) is 6.67 Å². The second-order valence-electron chi connectivity index (χ2n) is 2.58. The Morgan fingerprint density at radius 2 is 2.00 bits per heavy atom. The molecule has 13 heavy (non-hydrogen) atoms. The topological polar surface area (TPSA) is 26.3 Å². The maximum absolute atomic E-state index is 11.7. The molecule has 0 atom stereocenters. The number of alkyl halides is 1. The molecule has 0 bridgehead atoms. The molecule has 0 spiro atoms. The van der Waals surface area contributed by atoms with Crippen LogP contribution in [0.4, 0.5) is 4.39 Å². The van der Waals surface area contributed by atoms with Gasteiger partial charge in [0.2, 0.25) is 0 Å². The van der Waals surface area contributed by atoms with Crippen molar-refractivity contribution < 1.29 is 13.9 Å². The molecule has 0 aliphatic rings. The molecule has 0 unspecified atom stereocenters. The van der Waals surface area contributed by atoms with Gasteiger partial charge in [-0.1, -0.05) is 0 Å². The first-order chi connectivity index (χ1) is 6.36. The van der Waals surface area contributed by atoms with Crippen LogP contribution in [0.25, 0.3) is 0 Å². The minimum absolute atomic E-state index is 0.369. The van der Waals surface area contributed by atoms with E-state index in [1.165, 1.54) is 0 Å². The van der Waals surface area contributed by atoms with Crippen LogP contribution in [0.5, 0.6) is 5.75 Å². The van der Waals surface area contributed by atoms with Crippen molar-refractivity contribution in [3.63, 3.8) is 0 Å². The van der Waals surface area contributed by atoms with E-state index in [2.05, 4.69) is 0 Å². The van der Waals surface area contributed by atoms with Crippen LogP contribution in [0.1, 0.15) is 16.8 Å².